The Bertz CT molecular complexity index is 1260. The van der Waals surface area contributed by atoms with Crippen LogP contribution in [0, 0.1) is 0 Å². The number of aromatic nitrogens is 6. The molecule has 0 aromatic carbocycles. The topological polar surface area (TPSA) is 84.8 Å². The molecule has 5 rings (SSSR count). The molecular weight excluding hydrogens is 409 g/mol. The first-order chi connectivity index (χ1) is 15.3. The van der Waals surface area contributed by atoms with E-state index >= 15 is 0 Å². The van der Waals surface area contributed by atoms with Crippen molar-refractivity contribution in [1.82, 2.24) is 29.9 Å². The van der Waals surface area contributed by atoms with Crippen LogP contribution in [0.2, 0.25) is 0 Å². The Labute approximate surface area is 185 Å². The zero-order valence-electron chi connectivity index (χ0n) is 18.6. The summed E-state index contributed by atoms with van der Waals surface area (Å²) in [5.74, 6) is 0.833. The molecule has 4 aromatic heterocycles. The molecule has 8 nitrogen and oxygen atoms in total. The number of morpholine rings is 1. The van der Waals surface area contributed by atoms with E-state index in [1.165, 1.54) is 13.8 Å². The highest BCUT2D eigenvalue weighted by molar-refractivity contribution is 6.01. The van der Waals surface area contributed by atoms with Crippen molar-refractivity contribution >= 4 is 16.7 Å². The largest absolute Gasteiger partial charge is 0.377 e. The third kappa shape index (κ3) is 3.52. The van der Waals surface area contributed by atoms with Crippen LogP contribution in [0.25, 0.3) is 33.5 Å². The molecule has 4 aromatic rings. The van der Waals surface area contributed by atoms with Crippen molar-refractivity contribution in [3.05, 3.63) is 42.4 Å². The minimum absolute atomic E-state index is 0.181. The quantitative estimate of drug-likeness (QED) is 0.524. The summed E-state index contributed by atoms with van der Waals surface area (Å²) in [6.45, 7) is 7.19. The van der Waals surface area contributed by atoms with Crippen molar-refractivity contribution in [1.29, 1.82) is 0 Å². The summed E-state index contributed by atoms with van der Waals surface area (Å²) in [4.78, 5) is 11.9. The molecule has 9 heteroatoms. The number of ether oxygens (including phenoxy) is 1. The molecule has 1 N–H and O–H groups in total. The maximum Gasteiger partial charge on any atom is 0.149 e. The van der Waals surface area contributed by atoms with Crippen LogP contribution in [0.15, 0.2) is 36.7 Å². The van der Waals surface area contributed by atoms with Gasteiger partial charge >= 0.3 is 0 Å². The van der Waals surface area contributed by atoms with Gasteiger partial charge in [-0.1, -0.05) is 0 Å². The van der Waals surface area contributed by atoms with Crippen molar-refractivity contribution in [2.45, 2.75) is 32.5 Å². The molecule has 0 radical (unpaired) electrons. The van der Waals surface area contributed by atoms with E-state index in [0.29, 0.717) is 18.9 Å². The molecule has 0 saturated carbocycles. The van der Waals surface area contributed by atoms with Crippen molar-refractivity contribution in [2.24, 2.45) is 7.05 Å². The highest BCUT2D eigenvalue weighted by Crippen LogP contribution is 2.37. The van der Waals surface area contributed by atoms with Gasteiger partial charge in [0.1, 0.15) is 22.7 Å². The predicted octanol–water partition coefficient (Wildman–Crippen LogP) is 3.85. The van der Waals surface area contributed by atoms with Gasteiger partial charge in [0.15, 0.2) is 0 Å². The number of anilines is 1. The van der Waals surface area contributed by atoms with E-state index in [-0.39, 0.29) is 6.04 Å². The number of hydrogen-bond acceptors (Lipinski definition) is 6. The van der Waals surface area contributed by atoms with E-state index in [9.17, 15) is 4.39 Å². The third-order valence-corrected chi connectivity index (χ3v) is 5.90. The average Bonchev–Trinajstić information content (AvgIpc) is 3.43. The molecule has 0 bridgehead atoms. The normalized spacial score (nSPS) is 17.3. The third-order valence-electron chi connectivity index (χ3n) is 5.90. The lowest BCUT2D eigenvalue weighted by molar-refractivity contribution is 0.0986. The Morgan fingerprint density at radius 1 is 1.22 bits per heavy atom. The van der Waals surface area contributed by atoms with Crippen LogP contribution in [0.3, 0.4) is 0 Å². The van der Waals surface area contributed by atoms with Crippen LogP contribution < -0.4 is 4.90 Å². The van der Waals surface area contributed by atoms with Gasteiger partial charge in [-0.25, -0.2) is 9.37 Å². The smallest absolute Gasteiger partial charge is 0.149 e. The van der Waals surface area contributed by atoms with Gasteiger partial charge in [0.25, 0.3) is 0 Å². The van der Waals surface area contributed by atoms with Gasteiger partial charge < -0.3 is 9.64 Å². The Balaban J connectivity index is 1.78. The lowest BCUT2D eigenvalue weighted by Crippen LogP contribution is -2.44. The summed E-state index contributed by atoms with van der Waals surface area (Å²) < 4.78 is 22.0. The fourth-order valence-electron chi connectivity index (χ4n) is 4.16. The van der Waals surface area contributed by atoms with Gasteiger partial charge in [-0.05, 0) is 45.0 Å². The Hall–Kier alpha value is -3.33. The monoisotopic (exact) mass is 435 g/mol. The van der Waals surface area contributed by atoms with Gasteiger partial charge in [0.2, 0.25) is 0 Å². The minimum atomic E-state index is -1.54. The Morgan fingerprint density at radius 2 is 2.06 bits per heavy atom. The van der Waals surface area contributed by atoms with E-state index in [4.69, 9.17) is 9.72 Å². The van der Waals surface area contributed by atoms with Gasteiger partial charge in [-0.15, -0.1) is 0 Å². The van der Waals surface area contributed by atoms with Gasteiger partial charge in [0.05, 0.1) is 36.3 Å². The summed E-state index contributed by atoms with van der Waals surface area (Å²) in [7, 11) is 1.84. The van der Waals surface area contributed by atoms with Crippen molar-refractivity contribution in [2.75, 3.05) is 24.7 Å². The molecule has 0 aliphatic carbocycles. The standard InChI is InChI=1S/C23H26FN7O/c1-14-13-32-10-9-31(14)20-11-16(18-12-19(23(2,3)24)29-30(18)4)15-5-7-25-22(21(15)27-20)17-6-8-26-28-17/h5-8,11-12,14H,9-10,13H2,1-4H3,(H,26,28)/t14-/m1/s1. The first-order valence-electron chi connectivity index (χ1n) is 10.7. The first-order valence-corrected chi connectivity index (χ1v) is 10.7. The molecule has 1 saturated heterocycles. The molecule has 5 heterocycles. The second-order valence-electron chi connectivity index (χ2n) is 8.68. The molecule has 166 valence electrons. The highest BCUT2D eigenvalue weighted by Gasteiger charge is 2.27. The van der Waals surface area contributed by atoms with Crippen LogP contribution >= 0.6 is 0 Å². The average molecular weight is 436 g/mol. The number of aryl methyl sites for hydroxylation is 1. The molecule has 1 aliphatic rings. The number of hydrogen-bond donors (Lipinski definition) is 1. The molecule has 0 amide bonds. The number of H-pyrrole nitrogens is 1. The number of nitrogens with zero attached hydrogens (tertiary/aromatic N) is 6. The van der Waals surface area contributed by atoms with E-state index in [2.05, 4.69) is 38.2 Å². The van der Waals surface area contributed by atoms with Crippen LogP contribution in [-0.2, 0) is 17.5 Å². The SMILES string of the molecule is C[C@@H]1COCCN1c1cc(-c2cc(C(C)(C)F)nn2C)c2ccnc(-c3ccn[nH]3)c2n1. The maximum absolute atomic E-state index is 14.7. The number of fused-ring (bicyclic) bond motifs is 1. The molecule has 1 aliphatic heterocycles. The van der Waals surface area contributed by atoms with Crippen LogP contribution in [0.4, 0.5) is 10.2 Å². The maximum atomic E-state index is 14.7. The molecular formula is C23H26FN7O. The van der Waals surface area contributed by atoms with Crippen molar-refractivity contribution in [3.8, 4) is 22.6 Å². The fourth-order valence-corrected chi connectivity index (χ4v) is 4.16. The fraction of sp³-hybridized carbons (Fsp3) is 0.391. The van der Waals surface area contributed by atoms with Crippen molar-refractivity contribution in [3.63, 3.8) is 0 Å². The zero-order chi connectivity index (χ0) is 22.5. The summed E-state index contributed by atoms with van der Waals surface area (Å²) in [5.41, 5.74) is 2.87. The van der Waals surface area contributed by atoms with Crippen molar-refractivity contribution < 1.29 is 9.13 Å². The lowest BCUT2D eigenvalue weighted by Gasteiger charge is -2.34. The number of rotatable bonds is 4. The number of nitrogens with one attached hydrogen (secondary N) is 1. The number of pyridine rings is 2. The van der Waals surface area contributed by atoms with Gasteiger partial charge in [0, 0.05) is 36.9 Å². The van der Waals surface area contributed by atoms with Crippen LogP contribution in [0.5, 0.6) is 0 Å². The molecule has 0 spiro atoms. The lowest BCUT2D eigenvalue weighted by atomic mass is 10.0. The molecule has 1 fully saturated rings. The van der Waals surface area contributed by atoms with Crippen LogP contribution in [-0.4, -0.2) is 55.7 Å². The highest BCUT2D eigenvalue weighted by atomic mass is 19.1. The summed E-state index contributed by atoms with van der Waals surface area (Å²) >= 11 is 0. The second-order valence-corrected chi connectivity index (χ2v) is 8.68. The Morgan fingerprint density at radius 3 is 2.75 bits per heavy atom. The predicted molar refractivity (Wildman–Crippen MR) is 121 cm³/mol. The number of aromatic amines is 1. The number of halogens is 1. The zero-order valence-corrected chi connectivity index (χ0v) is 18.6. The molecule has 1 atom stereocenters. The summed E-state index contributed by atoms with van der Waals surface area (Å²) in [6, 6.07) is 7.88. The van der Waals surface area contributed by atoms with E-state index < -0.39 is 5.67 Å². The van der Waals surface area contributed by atoms with Gasteiger partial charge in [-0.3, -0.25) is 14.8 Å². The molecule has 32 heavy (non-hydrogen) atoms. The number of alkyl halides is 1. The first kappa shape index (κ1) is 20.6. The minimum Gasteiger partial charge on any atom is -0.377 e. The van der Waals surface area contributed by atoms with E-state index in [0.717, 1.165) is 45.9 Å². The summed E-state index contributed by atoms with van der Waals surface area (Å²) in [6.07, 6.45) is 3.46. The van der Waals surface area contributed by atoms with E-state index in [1.807, 2.05) is 25.2 Å². The second kappa shape index (κ2) is 7.67. The summed E-state index contributed by atoms with van der Waals surface area (Å²) in [5, 5.41) is 12.4. The van der Waals surface area contributed by atoms with Gasteiger partial charge in [-0.2, -0.15) is 10.2 Å². The van der Waals surface area contributed by atoms with Crippen LogP contribution in [0.1, 0.15) is 26.5 Å². The Kier molecular flexibility index (Phi) is 4.93. The van der Waals surface area contributed by atoms with E-state index in [1.54, 1.807) is 17.1 Å². The molecule has 0 unspecified atom stereocenters.